The number of phenolic OH excluding ortho intramolecular Hbond substituents is 1. The fourth-order valence-corrected chi connectivity index (χ4v) is 2.59. The molecule has 0 radical (unpaired) electrons. The minimum absolute atomic E-state index is 0.240. The number of carboxylic acids is 1. The van der Waals surface area contributed by atoms with E-state index < -0.39 is 5.97 Å². The number of hydrogen-bond acceptors (Lipinski definition) is 6. The molecule has 0 atom stereocenters. The zero-order valence-electron chi connectivity index (χ0n) is 12.8. The molecule has 6 nitrogen and oxygen atoms in total. The van der Waals surface area contributed by atoms with Crippen molar-refractivity contribution in [2.24, 2.45) is 0 Å². The minimum atomic E-state index is -0.833. The van der Waals surface area contributed by atoms with Gasteiger partial charge in [0.1, 0.15) is 24.2 Å². The number of carbonyl (C=O) groups is 1. The summed E-state index contributed by atoms with van der Waals surface area (Å²) in [6.45, 7) is 1.51. The second kappa shape index (κ2) is 7.94. The number of thiazole rings is 1. The van der Waals surface area contributed by atoms with Gasteiger partial charge in [0.15, 0.2) is 5.01 Å². The van der Waals surface area contributed by atoms with Crippen LogP contribution in [0.4, 0.5) is 0 Å². The van der Waals surface area contributed by atoms with Gasteiger partial charge in [-0.25, -0.2) is 4.98 Å². The normalized spacial score (nSPS) is 9.67. The number of aliphatic carboxylic acids is 1. The van der Waals surface area contributed by atoms with Gasteiger partial charge in [0.25, 0.3) is 5.97 Å². The Hall–Kier alpha value is -3.11. The van der Waals surface area contributed by atoms with E-state index >= 15 is 0 Å². The lowest BCUT2D eigenvalue weighted by Gasteiger charge is -2.06. The SMILES string of the molecule is CC(=O)O.N#Cc1nc2ccc(OCc3ccc(O)cc3)cc2s1. The summed E-state index contributed by atoms with van der Waals surface area (Å²) in [6.07, 6.45) is 0. The predicted octanol–water partition coefficient (Wildman–Crippen LogP) is 3.54. The Morgan fingerprint density at radius 1 is 1.29 bits per heavy atom. The van der Waals surface area contributed by atoms with Crippen molar-refractivity contribution in [3.05, 3.63) is 53.0 Å². The van der Waals surface area contributed by atoms with Crippen molar-refractivity contribution < 1.29 is 19.7 Å². The summed E-state index contributed by atoms with van der Waals surface area (Å²) in [5, 5.41) is 25.9. The molecule has 0 unspecified atom stereocenters. The monoisotopic (exact) mass is 342 g/mol. The molecule has 24 heavy (non-hydrogen) atoms. The summed E-state index contributed by atoms with van der Waals surface area (Å²) in [4.78, 5) is 13.2. The third-order valence-corrected chi connectivity index (χ3v) is 3.72. The molecule has 0 aliphatic rings. The van der Waals surface area contributed by atoms with Crippen LogP contribution in [0.3, 0.4) is 0 Å². The van der Waals surface area contributed by atoms with Gasteiger partial charge < -0.3 is 14.9 Å². The van der Waals surface area contributed by atoms with Crippen LogP contribution in [0.1, 0.15) is 17.5 Å². The Morgan fingerprint density at radius 3 is 2.58 bits per heavy atom. The molecule has 0 aliphatic carbocycles. The number of ether oxygens (including phenoxy) is 1. The Labute approximate surface area is 142 Å². The van der Waals surface area contributed by atoms with Crippen molar-refractivity contribution in [3.8, 4) is 17.6 Å². The van der Waals surface area contributed by atoms with Crippen LogP contribution in [-0.2, 0) is 11.4 Å². The molecule has 0 aliphatic heterocycles. The summed E-state index contributed by atoms with van der Waals surface area (Å²) in [6, 6.07) is 14.5. The molecule has 1 heterocycles. The third kappa shape index (κ3) is 4.97. The highest BCUT2D eigenvalue weighted by Crippen LogP contribution is 2.26. The number of fused-ring (bicyclic) bond motifs is 1. The smallest absolute Gasteiger partial charge is 0.300 e. The lowest BCUT2D eigenvalue weighted by molar-refractivity contribution is -0.134. The second-order valence-electron chi connectivity index (χ2n) is 4.73. The Balaban J connectivity index is 0.000000471. The summed E-state index contributed by atoms with van der Waals surface area (Å²) in [5.41, 5.74) is 1.79. The first-order chi connectivity index (χ1) is 11.5. The summed E-state index contributed by atoms with van der Waals surface area (Å²) < 4.78 is 6.63. The average Bonchev–Trinajstić information content (AvgIpc) is 2.96. The molecule has 122 valence electrons. The van der Waals surface area contributed by atoms with E-state index in [9.17, 15) is 5.11 Å². The van der Waals surface area contributed by atoms with Crippen LogP contribution in [0, 0.1) is 11.3 Å². The quantitative estimate of drug-likeness (QED) is 0.754. The lowest BCUT2D eigenvalue weighted by Crippen LogP contribution is -1.94. The number of nitrogens with zero attached hydrogens (tertiary/aromatic N) is 2. The topological polar surface area (TPSA) is 103 Å². The Kier molecular flexibility index (Phi) is 5.71. The van der Waals surface area contributed by atoms with Gasteiger partial charge >= 0.3 is 0 Å². The zero-order chi connectivity index (χ0) is 17.5. The van der Waals surface area contributed by atoms with Gasteiger partial charge in [0, 0.05) is 6.92 Å². The molecule has 1 aromatic heterocycles. The zero-order valence-corrected chi connectivity index (χ0v) is 13.6. The molecule has 0 bridgehead atoms. The second-order valence-corrected chi connectivity index (χ2v) is 5.77. The van der Waals surface area contributed by atoms with E-state index in [4.69, 9.17) is 19.9 Å². The molecule has 2 N–H and O–H groups in total. The van der Waals surface area contributed by atoms with E-state index in [0.29, 0.717) is 11.6 Å². The van der Waals surface area contributed by atoms with Gasteiger partial charge in [0.2, 0.25) is 0 Å². The number of benzene rings is 2. The minimum Gasteiger partial charge on any atom is -0.508 e. The van der Waals surface area contributed by atoms with Crippen LogP contribution in [0.5, 0.6) is 11.5 Å². The lowest BCUT2D eigenvalue weighted by atomic mass is 10.2. The molecule has 0 fully saturated rings. The van der Waals surface area contributed by atoms with Crippen molar-refractivity contribution in [2.75, 3.05) is 0 Å². The first-order valence-electron chi connectivity index (χ1n) is 6.89. The van der Waals surface area contributed by atoms with Crippen molar-refractivity contribution in [3.63, 3.8) is 0 Å². The van der Waals surface area contributed by atoms with Crippen LogP contribution < -0.4 is 4.74 Å². The molecule has 0 saturated carbocycles. The fraction of sp³-hybridized carbons (Fsp3) is 0.118. The third-order valence-electron chi connectivity index (χ3n) is 2.80. The summed E-state index contributed by atoms with van der Waals surface area (Å²) in [5.74, 6) is 0.141. The number of aromatic hydroxyl groups is 1. The van der Waals surface area contributed by atoms with Crippen LogP contribution in [-0.4, -0.2) is 21.2 Å². The maximum Gasteiger partial charge on any atom is 0.300 e. The van der Waals surface area contributed by atoms with E-state index in [-0.39, 0.29) is 5.75 Å². The highest BCUT2D eigenvalue weighted by Gasteiger charge is 2.04. The van der Waals surface area contributed by atoms with Gasteiger partial charge in [-0.1, -0.05) is 12.1 Å². The van der Waals surface area contributed by atoms with Gasteiger partial charge in [-0.05, 0) is 35.9 Å². The maximum absolute atomic E-state index is 9.21. The van der Waals surface area contributed by atoms with E-state index in [2.05, 4.69) is 4.98 Å². The van der Waals surface area contributed by atoms with E-state index in [1.807, 2.05) is 36.4 Å². The molecule has 3 aromatic rings. The van der Waals surface area contributed by atoms with Crippen molar-refractivity contribution >= 4 is 27.5 Å². The van der Waals surface area contributed by atoms with Gasteiger partial charge in [0.05, 0.1) is 10.2 Å². The number of phenols is 1. The Bertz CT molecular complexity index is 878. The Morgan fingerprint density at radius 2 is 1.96 bits per heavy atom. The van der Waals surface area contributed by atoms with Gasteiger partial charge in [-0.2, -0.15) is 5.26 Å². The molecular weight excluding hydrogens is 328 g/mol. The van der Waals surface area contributed by atoms with Crippen LogP contribution >= 0.6 is 11.3 Å². The van der Waals surface area contributed by atoms with Crippen molar-refractivity contribution in [1.29, 1.82) is 5.26 Å². The molecule has 0 amide bonds. The molecule has 0 saturated heterocycles. The fourth-order valence-electron chi connectivity index (χ4n) is 1.80. The first-order valence-corrected chi connectivity index (χ1v) is 7.70. The van der Waals surface area contributed by atoms with Gasteiger partial charge in [-0.15, -0.1) is 11.3 Å². The van der Waals surface area contributed by atoms with E-state index in [1.54, 1.807) is 12.1 Å². The van der Waals surface area contributed by atoms with Crippen molar-refractivity contribution in [1.82, 2.24) is 4.98 Å². The summed E-state index contributed by atoms with van der Waals surface area (Å²) >= 11 is 1.35. The number of aromatic nitrogens is 1. The number of rotatable bonds is 3. The largest absolute Gasteiger partial charge is 0.508 e. The van der Waals surface area contributed by atoms with E-state index in [1.165, 1.54) is 11.3 Å². The highest BCUT2D eigenvalue weighted by molar-refractivity contribution is 7.19. The number of carboxylic acid groups (broad SMARTS) is 1. The molecule has 7 heteroatoms. The standard InChI is InChI=1S/C15H10N2O2S.C2H4O2/c16-8-15-17-13-6-5-12(7-14(13)20-15)19-9-10-1-3-11(18)4-2-10;1-2(3)4/h1-7,18H,9H2;1H3,(H,3,4). The maximum atomic E-state index is 9.21. The van der Waals surface area contributed by atoms with Crippen LogP contribution in [0.25, 0.3) is 10.2 Å². The van der Waals surface area contributed by atoms with Crippen LogP contribution in [0.15, 0.2) is 42.5 Å². The average molecular weight is 342 g/mol. The van der Waals surface area contributed by atoms with E-state index in [0.717, 1.165) is 28.5 Å². The summed E-state index contributed by atoms with van der Waals surface area (Å²) in [7, 11) is 0. The first kappa shape index (κ1) is 17.2. The predicted molar refractivity (Wildman–Crippen MR) is 90.1 cm³/mol. The molecule has 2 aromatic carbocycles. The van der Waals surface area contributed by atoms with Crippen LogP contribution in [0.2, 0.25) is 0 Å². The molecular formula is C17H14N2O4S. The number of nitriles is 1. The highest BCUT2D eigenvalue weighted by atomic mass is 32.1. The van der Waals surface area contributed by atoms with Crippen molar-refractivity contribution in [2.45, 2.75) is 13.5 Å². The molecule has 3 rings (SSSR count). The number of hydrogen-bond donors (Lipinski definition) is 2. The van der Waals surface area contributed by atoms with Gasteiger partial charge in [-0.3, -0.25) is 4.79 Å². The molecule has 0 spiro atoms.